The van der Waals surface area contributed by atoms with Crippen molar-refractivity contribution in [1.29, 1.82) is 0 Å². The first-order valence-electron chi connectivity index (χ1n) is 12.8. The molecule has 4 aromatic rings. The molecule has 196 valence electrons. The van der Waals surface area contributed by atoms with Crippen molar-refractivity contribution in [3.05, 3.63) is 95.8 Å². The normalized spacial score (nSPS) is 15.9. The van der Waals surface area contributed by atoms with E-state index in [1.54, 1.807) is 21.7 Å². The molecule has 9 heteroatoms. The largest absolute Gasteiger partial charge is 0.376 e. The van der Waals surface area contributed by atoms with Gasteiger partial charge in [0.1, 0.15) is 23.9 Å². The van der Waals surface area contributed by atoms with Crippen LogP contribution in [-0.2, 0) is 27.3 Å². The number of rotatable bonds is 10. The van der Waals surface area contributed by atoms with Gasteiger partial charge in [-0.2, -0.15) is 0 Å². The Balaban J connectivity index is 1.45. The highest BCUT2D eigenvalue weighted by molar-refractivity contribution is 5.89. The fraction of sp³-hybridized carbons (Fsp3) is 0.310. The molecule has 3 aromatic carbocycles. The molecule has 2 heterocycles. The molecule has 1 aliphatic rings. The number of nitrogens with zero attached hydrogens (tertiary/aromatic N) is 4. The van der Waals surface area contributed by atoms with Crippen molar-refractivity contribution >= 4 is 22.8 Å². The lowest BCUT2D eigenvalue weighted by Crippen LogP contribution is -2.47. The van der Waals surface area contributed by atoms with Crippen LogP contribution in [0, 0.1) is 5.82 Å². The van der Waals surface area contributed by atoms with Gasteiger partial charge in [0, 0.05) is 19.7 Å². The molecule has 1 fully saturated rings. The lowest BCUT2D eigenvalue weighted by Gasteiger charge is -2.32. The summed E-state index contributed by atoms with van der Waals surface area (Å²) in [6, 6.07) is 21.9. The molecular formula is C29H30FN5O3. The summed E-state index contributed by atoms with van der Waals surface area (Å²) in [5.74, 6) is -1.04. The average molecular weight is 516 g/mol. The molecule has 2 amide bonds. The van der Waals surface area contributed by atoms with Gasteiger partial charge >= 0.3 is 0 Å². The Morgan fingerprint density at radius 1 is 1.05 bits per heavy atom. The van der Waals surface area contributed by atoms with Gasteiger partial charge in [0.05, 0.1) is 11.6 Å². The summed E-state index contributed by atoms with van der Waals surface area (Å²) in [4.78, 5) is 29.1. The Labute approximate surface area is 220 Å². The molecule has 5 rings (SSSR count). The highest BCUT2D eigenvalue weighted by atomic mass is 19.1. The Kier molecular flexibility index (Phi) is 8.04. The van der Waals surface area contributed by atoms with Gasteiger partial charge in [-0.25, -0.2) is 9.07 Å². The van der Waals surface area contributed by atoms with Gasteiger partial charge in [0.15, 0.2) is 0 Å². The highest BCUT2D eigenvalue weighted by Gasteiger charge is 2.32. The van der Waals surface area contributed by atoms with Crippen molar-refractivity contribution < 1.29 is 18.7 Å². The number of hydrogen-bond donors (Lipinski definition) is 1. The second-order valence-corrected chi connectivity index (χ2v) is 9.39. The van der Waals surface area contributed by atoms with Gasteiger partial charge in [-0.15, -0.1) is 5.10 Å². The number of carbonyl (C=O) groups is 2. The van der Waals surface area contributed by atoms with Crippen LogP contribution in [0.25, 0.3) is 11.0 Å². The number of amides is 2. The van der Waals surface area contributed by atoms with Crippen LogP contribution in [0.1, 0.15) is 30.0 Å². The minimum Gasteiger partial charge on any atom is -0.376 e. The molecule has 0 bridgehead atoms. The molecule has 1 N–H and O–H groups in total. The zero-order valence-electron chi connectivity index (χ0n) is 21.0. The maximum atomic E-state index is 13.9. The third-order valence-corrected chi connectivity index (χ3v) is 6.78. The average Bonchev–Trinajstić information content (AvgIpc) is 3.61. The molecule has 0 aliphatic carbocycles. The van der Waals surface area contributed by atoms with Crippen molar-refractivity contribution in [2.45, 2.75) is 38.0 Å². The number of benzene rings is 3. The van der Waals surface area contributed by atoms with E-state index in [4.69, 9.17) is 4.74 Å². The van der Waals surface area contributed by atoms with Crippen LogP contribution < -0.4 is 5.32 Å². The Morgan fingerprint density at radius 3 is 2.58 bits per heavy atom. The van der Waals surface area contributed by atoms with Crippen molar-refractivity contribution in [3.8, 4) is 0 Å². The third-order valence-electron chi connectivity index (χ3n) is 6.78. The van der Waals surface area contributed by atoms with Gasteiger partial charge in [-0.05, 0) is 54.7 Å². The van der Waals surface area contributed by atoms with E-state index in [-0.39, 0.29) is 31.0 Å². The Bertz CT molecular complexity index is 1370. The van der Waals surface area contributed by atoms with Crippen LogP contribution in [0.3, 0.4) is 0 Å². The first-order valence-corrected chi connectivity index (χ1v) is 12.8. The van der Waals surface area contributed by atoms with Crippen LogP contribution in [0.4, 0.5) is 4.39 Å². The van der Waals surface area contributed by atoms with Crippen LogP contribution >= 0.6 is 0 Å². The highest BCUT2D eigenvalue weighted by Crippen LogP contribution is 2.24. The summed E-state index contributed by atoms with van der Waals surface area (Å²) in [6.07, 6.45) is 2.32. The van der Waals surface area contributed by atoms with Gasteiger partial charge in [0.25, 0.3) is 0 Å². The number of carbonyl (C=O) groups excluding carboxylic acids is 2. The van der Waals surface area contributed by atoms with Crippen molar-refractivity contribution in [2.75, 3.05) is 19.7 Å². The van der Waals surface area contributed by atoms with Crippen molar-refractivity contribution in [2.24, 2.45) is 0 Å². The van der Waals surface area contributed by atoms with E-state index in [0.29, 0.717) is 30.7 Å². The Hall–Kier alpha value is -4.11. The molecule has 0 spiro atoms. The number of fused-ring (bicyclic) bond motifs is 1. The Morgan fingerprint density at radius 2 is 1.82 bits per heavy atom. The quantitative estimate of drug-likeness (QED) is 0.348. The topological polar surface area (TPSA) is 89.4 Å². The van der Waals surface area contributed by atoms with Crippen LogP contribution in [-0.4, -0.2) is 57.5 Å². The van der Waals surface area contributed by atoms with E-state index >= 15 is 0 Å². The minimum absolute atomic E-state index is 0.0530. The summed E-state index contributed by atoms with van der Waals surface area (Å²) < 4.78 is 21.0. The lowest BCUT2D eigenvalue weighted by molar-refractivity contribution is -0.141. The van der Waals surface area contributed by atoms with E-state index in [0.717, 1.165) is 23.9 Å². The number of nitrogens with one attached hydrogen (secondary N) is 1. The molecule has 8 nitrogen and oxygen atoms in total. The lowest BCUT2D eigenvalue weighted by atomic mass is 10.0. The molecule has 0 saturated carbocycles. The number of halogens is 1. The fourth-order valence-electron chi connectivity index (χ4n) is 4.78. The number of para-hydroxylation sites is 1. The minimum atomic E-state index is -0.956. The van der Waals surface area contributed by atoms with Gasteiger partial charge in [-0.1, -0.05) is 59.8 Å². The monoisotopic (exact) mass is 515 g/mol. The SMILES string of the molecule is O=C(NC[C@@H]1CCCO1)[C@@H](c1ccc(F)cc1)N(CCc1ccccc1)C(=O)Cn1nnc2ccccc21. The van der Waals surface area contributed by atoms with E-state index in [9.17, 15) is 14.0 Å². The molecule has 0 radical (unpaired) electrons. The third kappa shape index (κ3) is 6.06. The summed E-state index contributed by atoms with van der Waals surface area (Å²) in [6.45, 7) is 1.22. The number of ether oxygens (including phenoxy) is 1. The summed E-state index contributed by atoms with van der Waals surface area (Å²) >= 11 is 0. The van der Waals surface area contributed by atoms with Crippen LogP contribution in [0.15, 0.2) is 78.9 Å². The predicted octanol–water partition coefficient (Wildman–Crippen LogP) is 3.68. The molecule has 2 atom stereocenters. The van der Waals surface area contributed by atoms with Gasteiger partial charge in [0.2, 0.25) is 11.8 Å². The smallest absolute Gasteiger partial charge is 0.247 e. The van der Waals surface area contributed by atoms with Crippen LogP contribution in [0.5, 0.6) is 0 Å². The zero-order valence-corrected chi connectivity index (χ0v) is 21.0. The maximum Gasteiger partial charge on any atom is 0.247 e. The molecule has 38 heavy (non-hydrogen) atoms. The van der Waals surface area contributed by atoms with Crippen LogP contribution in [0.2, 0.25) is 0 Å². The molecule has 1 aromatic heterocycles. The zero-order chi connectivity index (χ0) is 26.3. The standard InChI is InChI=1S/C29H30FN5O3/c30-23-14-12-22(13-15-23)28(29(37)31-19-24-9-6-18-38-24)34(17-16-21-7-2-1-3-8-21)27(36)20-35-26-11-5-4-10-25(26)32-33-35/h1-5,7-8,10-15,24,28H,6,9,16-20H2,(H,31,37)/t24-,28+/m0/s1. The predicted molar refractivity (Wildman–Crippen MR) is 141 cm³/mol. The van der Waals surface area contributed by atoms with E-state index in [1.807, 2.05) is 54.6 Å². The fourth-order valence-corrected chi connectivity index (χ4v) is 4.78. The van der Waals surface area contributed by atoms with Gasteiger partial charge < -0.3 is 15.0 Å². The molecule has 1 aliphatic heterocycles. The molecule has 1 saturated heterocycles. The summed E-state index contributed by atoms with van der Waals surface area (Å²) in [7, 11) is 0. The van der Waals surface area contributed by atoms with Crippen molar-refractivity contribution in [1.82, 2.24) is 25.2 Å². The first kappa shape index (κ1) is 25.5. The molecule has 0 unspecified atom stereocenters. The first-order chi connectivity index (χ1) is 18.6. The van der Waals surface area contributed by atoms with E-state index in [1.165, 1.54) is 12.1 Å². The number of aromatic nitrogens is 3. The molecular weight excluding hydrogens is 485 g/mol. The summed E-state index contributed by atoms with van der Waals surface area (Å²) in [5.41, 5.74) is 2.97. The van der Waals surface area contributed by atoms with Gasteiger partial charge in [-0.3, -0.25) is 9.59 Å². The second kappa shape index (κ2) is 12.0. The van der Waals surface area contributed by atoms with Crippen molar-refractivity contribution in [3.63, 3.8) is 0 Å². The summed E-state index contributed by atoms with van der Waals surface area (Å²) in [5, 5.41) is 11.3. The number of hydrogen-bond acceptors (Lipinski definition) is 5. The maximum absolute atomic E-state index is 13.9. The second-order valence-electron chi connectivity index (χ2n) is 9.39. The van der Waals surface area contributed by atoms with E-state index < -0.39 is 11.9 Å². The van der Waals surface area contributed by atoms with E-state index in [2.05, 4.69) is 15.6 Å².